The Labute approximate surface area is 102 Å². The quantitative estimate of drug-likeness (QED) is 0.741. The van der Waals surface area contributed by atoms with Crippen molar-refractivity contribution >= 4 is 11.4 Å². The highest BCUT2D eigenvalue weighted by Crippen LogP contribution is 2.43. The molecular weight excluding hydrogens is 215 g/mol. The summed E-state index contributed by atoms with van der Waals surface area (Å²) in [5.41, 5.74) is 2.02. The van der Waals surface area contributed by atoms with Gasteiger partial charge in [-0.2, -0.15) is 0 Å². The van der Waals surface area contributed by atoms with Gasteiger partial charge in [0.05, 0.1) is 17.4 Å². The van der Waals surface area contributed by atoms with Crippen molar-refractivity contribution in [3.05, 3.63) is 24.0 Å². The zero-order valence-electron chi connectivity index (χ0n) is 10.5. The van der Waals surface area contributed by atoms with Crippen molar-refractivity contribution in [2.75, 3.05) is 23.3 Å². The molecule has 1 aromatic carbocycles. The molecule has 3 heteroatoms. The van der Waals surface area contributed by atoms with Crippen LogP contribution in [0.3, 0.4) is 0 Å². The molecule has 2 heterocycles. The Hall–Kier alpha value is -1.25. The predicted octanol–water partition coefficient (Wildman–Crippen LogP) is 3.25. The zero-order valence-corrected chi connectivity index (χ0v) is 10.5. The van der Waals surface area contributed by atoms with Gasteiger partial charge in [-0.1, -0.05) is 19.9 Å². The first-order valence-corrected chi connectivity index (χ1v) is 6.39. The normalized spacial score (nSPS) is 25.8. The highest BCUT2D eigenvalue weighted by molar-refractivity contribution is 5.73. The third-order valence-electron chi connectivity index (χ3n) is 4.27. The molecule has 1 unspecified atom stereocenters. The summed E-state index contributed by atoms with van der Waals surface area (Å²) >= 11 is 0. The van der Waals surface area contributed by atoms with Gasteiger partial charge in [-0.25, -0.2) is 4.39 Å². The Morgan fingerprint density at radius 1 is 1.41 bits per heavy atom. The second-order valence-electron chi connectivity index (χ2n) is 5.82. The van der Waals surface area contributed by atoms with E-state index in [0.717, 1.165) is 18.8 Å². The number of nitrogens with zero attached hydrogens (tertiary/aromatic N) is 1. The van der Waals surface area contributed by atoms with Gasteiger partial charge in [-0.15, -0.1) is 0 Å². The van der Waals surface area contributed by atoms with E-state index in [-0.39, 0.29) is 5.82 Å². The fraction of sp³-hybridized carbons (Fsp3) is 0.571. The van der Waals surface area contributed by atoms with Crippen molar-refractivity contribution in [1.29, 1.82) is 0 Å². The van der Waals surface area contributed by atoms with E-state index >= 15 is 0 Å². The van der Waals surface area contributed by atoms with Gasteiger partial charge in [0.2, 0.25) is 0 Å². The third-order valence-corrected chi connectivity index (χ3v) is 4.27. The fourth-order valence-corrected chi connectivity index (χ4v) is 3.25. The van der Waals surface area contributed by atoms with Gasteiger partial charge in [-0.3, -0.25) is 0 Å². The Kier molecular flexibility index (Phi) is 2.32. The van der Waals surface area contributed by atoms with Crippen LogP contribution in [0, 0.1) is 11.2 Å². The van der Waals surface area contributed by atoms with Crippen LogP contribution >= 0.6 is 0 Å². The van der Waals surface area contributed by atoms with E-state index in [2.05, 4.69) is 24.1 Å². The first-order valence-electron chi connectivity index (χ1n) is 6.39. The average molecular weight is 234 g/mol. The SMILES string of the molecule is CC1(C)CCCN2c3cccc(F)c3NCC21. The molecule has 1 fully saturated rings. The lowest BCUT2D eigenvalue weighted by atomic mass is 9.75. The molecule has 2 aliphatic rings. The number of para-hydroxylation sites is 1. The summed E-state index contributed by atoms with van der Waals surface area (Å²) in [6, 6.07) is 5.84. The van der Waals surface area contributed by atoms with E-state index < -0.39 is 0 Å². The highest BCUT2D eigenvalue weighted by Gasteiger charge is 2.40. The minimum atomic E-state index is -0.135. The molecule has 17 heavy (non-hydrogen) atoms. The molecule has 0 bridgehead atoms. The number of hydrogen-bond donors (Lipinski definition) is 1. The third kappa shape index (κ3) is 1.60. The van der Waals surface area contributed by atoms with Crippen LogP contribution in [0.5, 0.6) is 0 Å². The summed E-state index contributed by atoms with van der Waals surface area (Å²) in [5, 5.41) is 3.27. The van der Waals surface area contributed by atoms with Gasteiger partial charge in [0.1, 0.15) is 5.82 Å². The molecule has 1 saturated heterocycles. The summed E-state index contributed by atoms with van der Waals surface area (Å²) < 4.78 is 13.7. The van der Waals surface area contributed by atoms with E-state index in [1.165, 1.54) is 18.9 Å². The maximum absolute atomic E-state index is 13.7. The number of piperidine rings is 1. The zero-order chi connectivity index (χ0) is 12.0. The predicted molar refractivity (Wildman–Crippen MR) is 69.0 cm³/mol. The number of rotatable bonds is 0. The fourth-order valence-electron chi connectivity index (χ4n) is 3.25. The number of benzene rings is 1. The van der Waals surface area contributed by atoms with Crippen molar-refractivity contribution in [3.8, 4) is 0 Å². The van der Waals surface area contributed by atoms with E-state index in [9.17, 15) is 4.39 Å². The standard InChI is InChI=1S/C14H19FN2/c1-14(2)7-4-8-17-11-6-3-5-10(15)13(11)16-9-12(14)17/h3,5-6,12,16H,4,7-9H2,1-2H3. The smallest absolute Gasteiger partial charge is 0.148 e. The molecule has 3 rings (SSSR count). The molecule has 1 aromatic rings. The number of halogens is 1. The van der Waals surface area contributed by atoms with Crippen molar-refractivity contribution in [2.45, 2.75) is 32.7 Å². The maximum atomic E-state index is 13.7. The van der Waals surface area contributed by atoms with Crippen molar-refractivity contribution in [2.24, 2.45) is 5.41 Å². The van der Waals surface area contributed by atoms with E-state index in [4.69, 9.17) is 0 Å². The van der Waals surface area contributed by atoms with E-state index in [1.807, 2.05) is 6.07 Å². The molecule has 2 nitrogen and oxygen atoms in total. The monoisotopic (exact) mass is 234 g/mol. The summed E-state index contributed by atoms with van der Waals surface area (Å²) in [4.78, 5) is 2.39. The van der Waals surface area contributed by atoms with Crippen molar-refractivity contribution in [3.63, 3.8) is 0 Å². The number of hydrogen-bond acceptors (Lipinski definition) is 2. The Morgan fingerprint density at radius 2 is 2.24 bits per heavy atom. The lowest BCUT2D eigenvalue weighted by Crippen LogP contribution is -2.55. The first-order chi connectivity index (χ1) is 8.09. The summed E-state index contributed by atoms with van der Waals surface area (Å²) in [7, 11) is 0. The van der Waals surface area contributed by atoms with E-state index in [0.29, 0.717) is 17.1 Å². The Bertz CT molecular complexity index is 442. The minimum Gasteiger partial charge on any atom is -0.379 e. The maximum Gasteiger partial charge on any atom is 0.148 e. The minimum absolute atomic E-state index is 0.135. The van der Waals surface area contributed by atoms with Gasteiger partial charge in [0.25, 0.3) is 0 Å². The van der Waals surface area contributed by atoms with Crippen LogP contribution < -0.4 is 10.2 Å². The van der Waals surface area contributed by atoms with Crippen LogP contribution in [-0.2, 0) is 0 Å². The second kappa shape index (κ2) is 3.62. The Balaban J connectivity index is 2.04. The van der Waals surface area contributed by atoms with Gasteiger partial charge >= 0.3 is 0 Å². The van der Waals surface area contributed by atoms with Crippen LogP contribution in [0.4, 0.5) is 15.8 Å². The van der Waals surface area contributed by atoms with Gasteiger partial charge in [-0.05, 0) is 30.4 Å². The molecule has 1 N–H and O–H groups in total. The molecule has 0 spiro atoms. The number of nitrogens with one attached hydrogen (secondary N) is 1. The topological polar surface area (TPSA) is 15.3 Å². The van der Waals surface area contributed by atoms with Crippen molar-refractivity contribution in [1.82, 2.24) is 0 Å². The molecular formula is C14H19FN2. The first kappa shape index (κ1) is 10.9. The molecule has 92 valence electrons. The molecule has 2 aliphatic heterocycles. The highest BCUT2D eigenvalue weighted by atomic mass is 19.1. The summed E-state index contributed by atoms with van der Waals surface area (Å²) in [6.07, 6.45) is 2.44. The lowest BCUT2D eigenvalue weighted by Gasteiger charge is -2.51. The van der Waals surface area contributed by atoms with E-state index in [1.54, 1.807) is 6.07 Å². The summed E-state index contributed by atoms with van der Waals surface area (Å²) in [6.45, 7) is 6.53. The Morgan fingerprint density at radius 3 is 3.06 bits per heavy atom. The van der Waals surface area contributed by atoms with Crippen LogP contribution in [-0.4, -0.2) is 19.1 Å². The van der Waals surface area contributed by atoms with Gasteiger partial charge in [0.15, 0.2) is 0 Å². The molecule has 0 saturated carbocycles. The average Bonchev–Trinajstić information content (AvgIpc) is 2.29. The lowest BCUT2D eigenvalue weighted by molar-refractivity contribution is 0.216. The van der Waals surface area contributed by atoms with Gasteiger partial charge < -0.3 is 10.2 Å². The van der Waals surface area contributed by atoms with Gasteiger partial charge in [0, 0.05) is 13.1 Å². The molecule has 0 aliphatic carbocycles. The molecule has 1 atom stereocenters. The number of anilines is 2. The van der Waals surface area contributed by atoms with Crippen LogP contribution in [0.1, 0.15) is 26.7 Å². The largest absolute Gasteiger partial charge is 0.379 e. The second-order valence-corrected chi connectivity index (χ2v) is 5.82. The van der Waals surface area contributed by atoms with Crippen molar-refractivity contribution < 1.29 is 4.39 Å². The van der Waals surface area contributed by atoms with Crippen LogP contribution in [0.25, 0.3) is 0 Å². The number of fused-ring (bicyclic) bond motifs is 3. The summed E-state index contributed by atoms with van der Waals surface area (Å²) in [5.74, 6) is -0.135. The molecule has 0 amide bonds. The van der Waals surface area contributed by atoms with Crippen LogP contribution in [0.15, 0.2) is 18.2 Å². The molecule has 0 aromatic heterocycles. The van der Waals surface area contributed by atoms with Crippen LogP contribution in [0.2, 0.25) is 0 Å². The molecule has 0 radical (unpaired) electrons.